The van der Waals surface area contributed by atoms with E-state index in [4.69, 9.17) is 5.26 Å². The van der Waals surface area contributed by atoms with Crippen LogP contribution in [0.15, 0.2) is 36.6 Å². The van der Waals surface area contributed by atoms with Crippen LogP contribution < -0.4 is 0 Å². The Kier molecular flexibility index (Phi) is 3.79. The van der Waals surface area contributed by atoms with Gasteiger partial charge in [0.05, 0.1) is 5.57 Å². The molecule has 0 N–H and O–H groups in total. The van der Waals surface area contributed by atoms with Gasteiger partial charge in [-0.2, -0.15) is 5.26 Å². The van der Waals surface area contributed by atoms with E-state index >= 15 is 0 Å². The van der Waals surface area contributed by atoms with Gasteiger partial charge in [-0.3, -0.25) is 0 Å². The molecule has 0 aromatic heterocycles. The monoisotopic (exact) mass is 189 g/mol. The molecule has 0 saturated heterocycles. The van der Waals surface area contributed by atoms with E-state index in [0.29, 0.717) is 0 Å². The minimum Gasteiger partial charge on any atom is -0.404 e. The van der Waals surface area contributed by atoms with Gasteiger partial charge in [0.1, 0.15) is 11.8 Å². The Balaban J connectivity index is 4.68. The second-order valence-electron chi connectivity index (χ2n) is 1.90. The predicted molar refractivity (Wildman–Crippen MR) is 40.2 cm³/mol. The molecule has 0 spiro atoms. The van der Waals surface area contributed by atoms with Crippen molar-refractivity contribution in [2.24, 2.45) is 0 Å². The van der Waals surface area contributed by atoms with Gasteiger partial charge < -0.3 is 4.74 Å². The molecule has 5 heteroatoms. The van der Waals surface area contributed by atoms with E-state index in [1.54, 1.807) is 0 Å². The number of rotatable bonds is 3. The van der Waals surface area contributed by atoms with Crippen molar-refractivity contribution in [3.8, 4) is 6.07 Å². The second kappa shape index (κ2) is 4.36. The lowest BCUT2D eigenvalue weighted by Crippen LogP contribution is -2.13. The zero-order valence-electron chi connectivity index (χ0n) is 6.56. The summed E-state index contributed by atoms with van der Waals surface area (Å²) >= 11 is 0. The molecule has 0 aromatic rings. The maximum atomic E-state index is 11.7. The van der Waals surface area contributed by atoms with E-state index in [2.05, 4.69) is 17.9 Å². The van der Waals surface area contributed by atoms with Gasteiger partial charge in [-0.05, 0) is 6.08 Å². The van der Waals surface area contributed by atoms with Crippen LogP contribution in [-0.4, -0.2) is 6.36 Å². The van der Waals surface area contributed by atoms with Crippen molar-refractivity contribution >= 4 is 0 Å². The average Bonchev–Trinajstić information content (AvgIpc) is 2.00. The van der Waals surface area contributed by atoms with Crippen LogP contribution in [0.3, 0.4) is 0 Å². The van der Waals surface area contributed by atoms with Crippen molar-refractivity contribution < 1.29 is 17.9 Å². The van der Waals surface area contributed by atoms with Gasteiger partial charge in [0.2, 0.25) is 0 Å². The fourth-order valence-electron chi connectivity index (χ4n) is 0.483. The van der Waals surface area contributed by atoms with Gasteiger partial charge in [-0.25, -0.2) is 0 Å². The van der Waals surface area contributed by atoms with Crippen LogP contribution in [0.2, 0.25) is 0 Å². The molecule has 0 rings (SSSR count). The predicted octanol–water partition coefficient (Wildman–Crippen LogP) is 2.67. The minimum absolute atomic E-state index is 0.405. The number of allylic oxidation sites excluding steroid dienone is 3. The van der Waals surface area contributed by atoms with Crippen LogP contribution in [0.5, 0.6) is 0 Å². The van der Waals surface area contributed by atoms with E-state index in [1.807, 2.05) is 0 Å². The van der Waals surface area contributed by atoms with Gasteiger partial charge >= 0.3 is 6.36 Å². The van der Waals surface area contributed by atoms with E-state index in [9.17, 15) is 13.2 Å². The summed E-state index contributed by atoms with van der Waals surface area (Å²) in [6.45, 7) is 6.25. The Morgan fingerprint density at radius 2 is 2.00 bits per heavy atom. The van der Waals surface area contributed by atoms with Gasteiger partial charge in [0.25, 0.3) is 0 Å². The molecule has 2 nitrogen and oxygen atoms in total. The highest BCUT2D eigenvalue weighted by molar-refractivity contribution is 5.37. The molecule has 0 unspecified atom stereocenters. The number of nitrogens with zero attached hydrogens (tertiary/aromatic N) is 1. The Labute approximate surface area is 73.2 Å². The highest BCUT2D eigenvalue weighted by Crippen LogP contribution is 2.23. The maximum absolute atomic E-state index is 11.7. The molecule has 0 amide bonds. The topological polar surface area (TPSA) is 33.0 Å². The zero-order chi connectivity index (χ0) is 10.5. The molecule has 0 aliphatic rings. The first-order valence-electron chi connectivity index (χ1n) is 3.08. The Morgan fingerprint density at radius 3 is 2.31 bits per heavy atom. The van der Waals surface area contributed by atoms with Gasteiger partial charge in [0.15, 0.2) is 0 Å². The van der Waals surface area contributed by atoms with E-state index < -0.39 is 17.7 Å². The van der Waals surface area contributed by atoms with Crippen LogP contribution in [0.1, 0.15) is 0 Å². The summed E-state index contributed by atoms with van der Waals surface area (Å²) in [5, 5.41) is 8.26. The third kappa shape index (κ3) is 4.69. The first-order valence-corrected chi connectivity index (χ1v) is 3.08. The molecule has 13 heavy (non-hydrogen) atoms. The summed E-state index contributed by atoms with van der Waals surface area (Å²) in [6.07, 6.45) is -2.84. The molecule has 0 fully saturated rings. The highest BCUT2D eigenvalue weighted by atomic mass is 19.4. The SMILES string of the molecule is C=C/C=C(/OC(F)(F)F)C(=C)C#N. The largest absolute Gasteiger partial charge is 0.573 e. The van der Waals surface area contributed by atoms with Crippen LogP contribution >= 0.6 is 0 Å². The van der Waals surface area contributed by atoms with E-state index in [1.165, 1.54) is 6.07 Å². The van der Waals surface area contributed by atoms with Crippen molar-refractivity contribution in [2.75, 3.05) is 0 Å². The molecular weight excluding hydrogens is 183 g/mol. The molecule has 0 aromatic carbocycles. The number of hydrogen-bond acceptors (Lipinski definition) is 2. The normalized spacial score (nSPS) is 11.7. The first-order chi connectivity index (χ1) is 5.90. The summed E-state index contributed by atoms with van der Waals surface area (Å²) in [7, 11) is 0. The van der Waals surface area contributed by atoms with Crippen molar-refractivity contribution in [1.29, 1.82) is 5.26 Å². The molecular formula is C8H6F3NO. The number of nitriles is 1. The molecule has 0 saturated carbocycles. The van der Waals surface area contributed by atoms with Crippen molar-refractivity contribution in [3.63, 3.8) is 0 Å². The van der Waals surface area contributed by atoms with Crippen molar-refractivity contribution in [3.05, 3.63) is 36.6 Å². The molecule has 0 radical (unpaired) electrons. The van der Waals surface area contributed by atoms with Gasteiger partial charge in [-0.1, -0.05) is 19.2 Å². The average molecular weight is 189 g/mol. The lowest BCUT2D eigenvalue weighted by Gasteiger charge is -2.10. The Morgan fingerprint density at radius 1 is 1.46 bits per heavy atom. The van der Waals surface area contributed by atoms with Crippen molar-refractivity contribution in [1.82, 2.24) is 0 Å². The molecule has 70 valence electrons. The smallest absolute Gasteiger partial charge is 0.404 e. The van der Waals surface area contributed by atoms with Gasteiger partial charge in [0, 0.05) is 0 Å². The van der Waals surface area contributed by atoms with Crippen molar-refractivity contribution in [2.45, 2.75) is 6.36 Å². The molecule has 0 bridgehead atoms. The van der Waals surface area contributed by atoms with Crippen LogP contribution in [-0.2, 0) is 4.74 Å². The van der Waals surface area contributed by atoms with E-state index in [0.717, 1.165) is 12.2 Å². The third-order valence-corrected chi connectivity index (χ3v) is 0.927. The fraction of sp³-hybridized carbons (Fsp3) is 0.125. The summed E-state index contributed by atoms with van der Waals surface area (Å²) in [5.74, 6) is -0.648. The van der Waals surface area contributed by atoms with Gasteiger partial charge in [-0.15, -0.1) is 13.2 Å². The summed E-state index contributed by atoms with van der Waals surface area (Å²) in [6, 6.07) is 1.44. The fourth-order valence-corrected chi connectivity index (χ4v) is 0.483. The number of hydrogen-bond donors (Lipinski definition) is 0. The number of ether oxygens (including phenoxy) is 1. The zero-order valence-corrected chi connectivity index (χ0v) is 6.56. The lowest BCUT2D eigenvalue weighted by molar-refractivity contribution is -0.303. The molecule has 0 aliphatic carbocycles. The quantitative estimate of drug-likeness (QED) is 0.388. The molecule has 0 atom stereocenters. The maximum Gasteiger partial charge on any atom is 0.573 e. The lowest BCUT2D eigenvalue weighted by atomic mass is 10.2. The van der Waals surface area contributed by atoms with E-state index in [-0.39, 0.29) is 0 Å². The summed E-state index contributed by atoms with van der Waals surface area (Å²) in [4.78, 5) is 0. The second-order valence-corrected chi connectivity index (χ2v) is 1.90. The molecule has 0 aliphatic heterocycles. The first kappa shape index (κ1) is 11.3. The number of alkyl halides is 3. The molecule has 0 heterocycles. The van der Waals surface area contributed by atoms with Crippen LogP contribution in [0.25, 0.3) is 0 Å². The standard InChI is InChI=1S/C8H6F3NO/c1-3-4-7(6(2)5-12)13-8(9,10)11/h3-4H,1-2H2/b7-4+. The van der Waals surface area contributed by atoms with Crippen LogP contribution in [0, 0.1) is 11.3 Å². The highest BCUT2D eigenvalue weighted by Gasteiger charge is 2.32. The third-order valence-electron chi connectivity index (χ3n) is 0.927. The number of halogens is 3. The Bertz CT molecular complexity index is 283. The van der Waals surface area contributed by atoms with Crippen LogP contribution in [0.4, 0.5) is 13.2 Å². The summed E-state index contributed by atoms with van der Waals surface area (Å²) in [5.41, 5.74) is -0.405. The Hall–Kier alpha value is -1.70. The minimum atomic E-state index is -4.82. The summed E-state index contributed by atoms with van der Waals surface area (Å²) < 4.78 is 38.5.